The summed E-state index contributed by atoms with van der Waals surface area (Å²) in [5.41, 5.74) is 2.05. The highest BCUT2D eigenvalue weighted by Gasteiger charge is 2.18. The summed E-state index contributed by atoms with van der Waals surface area (Å²) in [5.74, 6) is 0.143. The molecule has 0 atom stereocenters. The van der Waals surface area contributed by atoms with Crippen LogP contribution in [0.3, 0.4) is 0 Å². The van der Waals surface area contributed by atoms with Crippen LogP contribution in [0.15, 0.2) is 47.2 Å². The van der Waals surface area contributed by atoms with Gasteiger partial charge in [-0.15, -0.1) is 0 Å². The van der Waals surface area contributed by atoms with E-state index in [4.69, 9.17) is 9.68 Å². The molecule has 0 aliphatic rings. The van der Waals surface area contributed by atoms with Crippen LogP contribution in [-0.2, 0) is 6.54 Å². The molecule has 2 aromatic heterocycles. The van der Waals surface area contributed by atoms with Crippen molar-refractivity contribution in [2.45, 2.75) is 13.5 Å². The van der Waals surface area contributed by atoms with Crippen LogP contribution in [0.4, 0.5) is 0 Å². The predicted octanol–water partition coefficient (Wildman–Crippen LogP) is 3.36. The molecule has 0 saturated heterocycles. The Morgan fingerprint density at radius 2 is 2.25 bits per heavy atom. The molecule has 3 rings (SSSR count). The molecule has 1 aromatic carbocycles. The number of fused-ring (bicyclic) bond motifs is 1. The molecule has 0 N–H and O–H groups in total. The highest BCUT2D eigenvalue weighted by molar-refractivity contribution is 6.15. The molecule has 0 aliphatic heterocycles. The zero-order chi connectivity index (χ0) is 14.1. The van der Waals surface area contributed by atoms with Gasteiger partial charge in [0.25, 0.3) is 0 Å². The number of carbonyl (C=O) groups is 1. The first-order chi connectivity index (χ1) is 9.74. The molecule has 4 heteroatoms. The van der Waals surface area contributed by atoms with Gasteiger partial charge in [-0.05, 0) is 37.3 Å². The Labute approximate surface area is 115 Å². The minimum atomic E-state index is -0.165. The van der Waals surface area contributed by atoms with E-state index in [9.17, 15) is 4.79 Å². The van der Waals surface area contributed by atoms with E-state index in [2.05, 4.69) is 6.07 Å². The van der Waals surface area contributed by atoms with E-state index in [-0.39, 0.29) is 5.78 Å². The van der Waals surface area contributed by atoms with Crippen LogP contribution in [0.25, 0.3) is 10.9 Å². The molecule has 0 saturated carbocycles. The van der Waals surface area contributed by atoms with Gasteiger partial charge in [0.1, 0.15) is 0 Å². The summed E-state index contributed by atoms with van der Waals surface area (Å²) in [6.45, 7) is 2.77. The highest BCUT2D eigenvalue weighted by atomic mass is 16.3. The molecule has 0 radical (unpaired) electrons. The van der Waals surface area contributed by atoms with Crippen LogP contribution in [0.2, 0.25) is 0 Å². The number of nitriles is 1. The van der Waals surface area contributed by atoms with Crippen LogP contribution in [-0.4, -0.2) is 10.4 Å². The predicted molar refractivity (Wildman–Crippen MR) is 74.5 cm³/mol. The van der Waals surface area contributed by atoms with Crippen LogP contribution < -0.4 is 0 Å². The van der Waals surface area contributed by atoms with Gasteiger partial charge in [-0.25, -0.2) is 0 Å². The van der Waals surface area contributed by atoms with Gasteiger partial charge in [0.15, 0.2) is 5.76 Å². The number of hydrogen-bond acceptors (Lipinski definition) is 3. The molecule has 0 bridgehead atoms. The van der Waals surface area contributed by atoms with Gasteiger partial charge in [0.05, 0.1) is 23.5 Å². The third-order valence-electron chi connectivity index (χ3n) is 3.34. The standard InChI is InChI=1S/C16H12N2O2/c1-2-18-10-13(16(19)15-4-3-7-20-15)12-8-11(9-17)5-6-14(12)18/h3-8,10H,2H2,1H3. The lowest BCUT2D eigenvalue weighted by Crippen LogP contribution is -1.98. The van der Waals surface area contributed by atoms with E-state index < -0.39 is 0 Å². The lowest BCUT2D eigenvalue weighted by Gasteiger charge is -1.99. The lowest BCUT2D eigenvalue weighted by atomic mass is 10.1. The average Bonchev–Trinajstić information content (AvgIpc) is 3.13. The van der Waals surface area contributed by atoms with E-state index in [0.717, 1.165) is 17.4 Å². The summed E-state index contributed by atoms with van der Waals surface area (Å²) in [6.07, 6.45) is 3.30. The third-order valence-corrected chi connectivity index (χ3v) is 3.34. The Hall–Kier alpha value is -2.80. The molecule has 98 valence electrons. The summed E-state index contributed by atoms with van der Waals surface area (Å²) in [4.78, 5) is 12.5. The molecular formula is C16H12N2O2. The van der Waals surface area contributed by atoms with E-state index in [1.54, 1.807) is 24.3 Å². The van der Waals surface area contributed by atoms with Crippen molar-refractivity contribution in [1.82, 2.24) is 4.57 Å². The third kappa shape index (κ3) is 1.81. The second kappa shape index (κ2) is 4.71. The summed E-state index contributed by atoms with van der Waals surface area (Å²) in [7, 11) is 0. The van der Waals surface area contributed by atoms with Crippen molar-refractivity contribution in [3.8, 4) is 6.07 Å². The topological polar surface area (TPSA) is 58.9 Å². The van der Waals surface area contributed by atoms with Crippen molar-refractivity contribution in [2.24, 2.45) is 0 Å². The normalized spacial score (nSPS) is 10.6. The van der Waals surface area contributed by atoms with Crippen LogP contribution in [0.5, 0.6) is 0 Å². The van der Waals surface area contributed by atoms with Crippen molar-refractivity contribution >= 4 is 16.7 Å². The van der Waals surface area contributed by atoms with Gasteiger partial charge in [0.2, 0.25) is 5.78 Å². The van der Waals surface area contributed by atoms with E-state index in [1.165, 1.54) is 6.26 Å². The van der Waals surface area contributed by atoms with Crippen LogP contribution in [0, 0.1) is 11.3 Å². The molecule has 0 fully saturated rings. The maximum atomic E-state index is 12.5. The number of rotatable bonds is 3. The number of hydrogen-bond donors (Lipinski definition) is 0. The first-order valence-electron chi connectivity index (χ1n) is 6.35. The van der Waals surface area contributed by atoms with Gasteiger partial charge in [-0.1, -0.05) is 0 Å². The van der Waals surface area contributed by atoms with Crippen LogP contribution >= 0.6 is 0 Å². The number of benzene rings is 1. The fraction of sp³-hybridized carbons (Fsp3) is 0.125. The van der Waals surface area contributed by atoms with Gasteiger partial charge in [0, 0.05) is 23.6 Å². The lowest BCUT2D eigenvalue weighted by molar-refractivity contribution is 0.101. The first-order valence-corrected chi connectivity index (χ1v) is 6.35. The second-order valence-electron chi connectivity index (χ2n) is 4.48. The minimum Gasteiger partial charge on any atom is -0.461 e. The second-order valence-corrected chi connectivity index (χ2v) is 4.48. The van der Waals surface area contributed by atoms with E-state index in [0.29, 0.717) is 16.9 Å². The summed E-state index contributed by atoms with van der Waals surface area (Å²) < 4.78 is 7.17. The molecular weight excluding hydrogens is 252 g/mol. The van der Waals surface area contributed by atoms with Gasteiger partial charge in [-0.3, -0.25) is 4.79 Å². The Kier molecular flexibility index (Phi) is 2.88. The van der Waals surface area contributed by atoms with Crippen molar-refractivity contribution in [3.05, 3.63) is 59.7 Å². The average molecular weight is 264 g/mol. The molecule has 2 heterocycles. The number of aryl methyl sites for hydroxylation is 1. The van der Waals surface area contributed by atoms with Crippen molar-refractivity contribution in [2.75, 3.05) is 0 Å². The van der Waals surface area contributed by atoms with Crippen LogP contribution in [0.1, 0.15) is 28.6 Å². The quantitative estimate of drug-likeness (QED) is 0.681. The maximum Gasteiger partial charge on any atom is 0.230 e. The molecule has 0 amide bonds. The largest absolute Gasteiger partial charge is 0.461 e. The van der Waals surface area contributed by atoms with Crippen molar-refractivity contribution in [1.29, 1.82) is 5.26 Å². The number of nitrogens with zero attached hydrogens (tertiary/aromatic N) is 2. The van der Waals surface area contributed by atoms with Crippen molar-refractivity contribution < 1.29 is 9.21 Å². The molecule has 0 spiro atoms. The molecule has 0 aliphatic carbocycles. The van der Waals surface area contributed by atoms with Gasteiger partial charge >= 0.3 is 0 Å². The SMILES string of the molecule is CCn1cc(C(=O)c2ccco2)c2cc(C#N)ccc21. The maximum absolute atomic E-state index is 12.5. The zero-order valence-corrected chi connectivity index (χ0v) is 11.0. The zero-order valence-electron chi connectivity index (χ0n) is 11.0. The van der Waals surface area contributed by atoms with Gasteiger partial charge < -0.3 is 8.98 Å². The Balaban J connectivity index is 2.25. The fourth-order valence-corrected chi connectivity index (χ4v) is 2.35. The number of furan rings is 1. The van der Waals surface area contributed by atoms with E-state index >= 15 is 0 Å². The van der Waals surface area contributed by atoms with Crippen molar-refractivity contribution in [3.63, 3.8) is 0 Å². The Bertz CT molecular complexity index is 820. The summed E-state index contributed by atoms with van der Waals surface area (Å²) in [6, 6.07) is 10.8. The van der Waals surface area contributed by atoms with E-state index in [1.807, 2.05) is 23.8 Å². The smallest absolute Gasteiger partial charge is 0.230 e. The molecule has 3 aromatic rings. The summed E-state index contributed by atoms with van der Waals surface area (Å²) in [5, 5.41) is 9.80. The number of ketones is 1. The van der Waals surface area contributed by atoms with Gasteiger partial charge in [-0.2, -0.15) is 5.26 Å². The molecule has 4 nitrogen and oxygen atoms in total. The molecule has 20 heavy (non-hydrogen) atoms. The summed E-state index contributed by atoms with van der Waals surface area (Å²) >= 11 is 0. The fourth-order valence-electron chi connectivity index (χ4n) is 2.35. The monoisotopic (exact) mass is 264 g/mol. The number of carbonyl (C=O) groups excluding carboxylic acids is 1. The Morgan fingerprint density at radius 3 is 2.90 bits per heavy atom. The molecule has 0 unspecified atom stereocenters. The minimum absolute atomic E-state index is 0.165. The first kappa shape index (κ1) is 12.2. The Morgan fingerprint density at radius 1 is 1.40 bits per heavy atom. The highest BCUT2D eigenvalue weighted by Crippen LogP contribution is 2.25. The number of aromatic nitrogens is 1.